The van der Waals surface area contributed by atoms with Gasteiger partial charge >= 0.3 is 5.97 Å². The third-order valence-electron chi connectivity index (χ3n) is 1.91. The van der Waals surface area contributed by atoms with Gasteiger partial charge in [-0.3, -0.25) is 9.98 Å². The van der Waals surface area contributed by atoms with E-state index in [0.717, 1.165) is 0 Å². The molecule has 1 aromatic rings. The number of allylic oxidation sites excluding steroid dienone is 1. The van der Waals surface area contributed by atoms with E-state index in [1.807, 2.05) is 0 Å². The molecule has 0 spiro atoms. The molecule has 1 heterocycles. The molecule has 0 aliphatic rings. The molecule has 0 atom stereocenters. The van der Waals surface area contributed by atoms with E-state index in [4.69, 9.17) is 10.5 Å². The number of esters is 1. The summed E-state index contributed by atoms with van der Waals surface area (Å²) >= 11 is 0. The predicted octanol–water partition coefficient (Wildman–Crippen LogP) is 1.58. The summed E-state index contributed by atoms with van der Waals surface area (Å²) in [6, 6.07) is 3.54. The molecule has 0 unspecified atom stereocenters. The second-order valence-electron chi connectivity index (χ2n) is 3.29. The quantitative estimate of drug-likeness (QED) is 0.486. The van der Waals surface area contributed by atoms with Crippen molar-refractivity contribution in [1.29, 1.82) is 0 Å². The van der Waals surface area contributed by atoms with Crippen LogP contribution in [-0.2, 0) is 9.53 Å². The number of rotatable bonds is 4. The minimum absolute atomic E-state index is 0.260. The van der Waals surface area contributed by atoms with Crippen LogP contribution in [0.15, 0.2) is 40.8 Å². The molecular weight excluding hydrogens is 218 g/mol. The van der Waals surface area contributed by atoms with Crippen molar-refractivity contribution < 1.29 is 9.53 Å². The summed E-state index contributed by atoms with van der Waals surface area (Å²) in [6.07, 6.45) is 4.63. The number of nitrogens with two attached hydrogens (primary N) is 1. The standard InChI is InChI=1S/C12H15N3O2/c1-3-17-12(16)11(9(2)13)8-15-10-5-4-6-14-7-10/h4-8H,3,13H2,1-2H3. The summed E-state index contributed by atoms with van der Waals surface area (Å²) in [5, 5.41) is 0. The molecular formula is C12H15N3O2. The molecule has 17 heavy (non-hydrogen) atoms. The Hall–Kier alpha value is -2.17. The van der Waals surface area contributed by atoms with Gasteiger partial charge in [0, 0.05) is 18.1 Å². The molecule has 0 fully saturated rings. The highest BCUT2D eigenvalue weighted by Gasteiger charge is 2.10. The molecule has 1 aromatic heterocycles. The minimum Gasteiger partial charge on any atom is -0.462 e. The molecule has 0 aliphatic heterocycles. The van der Waals surface area contributed by atoms with E-state index in [9.17, 15) is 4.79 Å². The molecule has 2 N–H and O–H groups in total. The lowest BCUT2D eigenvalue weighted by atomic mass is 10.2. The number of carbonyl (C=O) groups excluding carboxylic acids is 1. The van der Waals surface area contributed by atoms with E-state index in [2.05, 4.69) is 9.98 Å². The number of aliphatic imine (C=N–C) groups is 1. The van der Waals surface area contributed by atoms with Crippen LogP contribution in [0.25, 0.3) is 0 Å². The average molecular weight is 233 g/mol. The van der Waals surface area contributed by atoms with Gasteiger partial charge in [0.15, 0.2) is 0 Å². The first kappa shape index (κ1) is 12.9. The van der Waals surface area contributed by atoms with Crippen molar-refractivity contribution in [3.05, 3.63) is 35.8 Å². The maximum atomic E-state index is 11.5. The van der Waals surface area contributed by atoms with Gasteiger partial charge in [-0.25, -0.2) is 4.79 Å². The van der Waals surface area contributed by atoms with Crippen molar-refractivity contribution in [3.8, 4) is 0 Å². The first-order valence-corrected chi connectivity index (χ1v) is 5.22. The fourth-order valence-corrected chi connectivity index (χ4v) is 1.09. The highest BCUT2D eigenvalue weighted by atomic mass is 16.5. The van der Waals surface area contributed by atoms with Gasteiger partial charge in [-0.05, 0) is 26.0 Å². The van der Waals surface area contributed by atoms with Crippen LogP contribution in [0, 0.1) is 0 Å². The first-order chi connectivity index (χ1) is 8.15. The van der Waals surface area contributed by atoms with Crippen LogP contribution in [0.1, 0.15) is 13.8 Å². The second-order valence-corrected chi connectivity index (χ2v) is 3.29. The fourth-order valence-electron chi connectivity index (χ4n) is 1.09. The van der Waals surface area contributed by atoms with E-state index < -0.39 is 5.97 Å². The van der Waals surface area contributed by atoms with Gasteiger partial charge in [-0.2, -0.15) is 0 Å². The Morgan fingerprint density at radius 2 is 2.41 bits per heavy atom. The third kappa shape index (κ3) is 4.06. The van der Waals surface area contributed by atoms with Gasteiger partial charge in [-0.15, -0.1) is 0 Å². The molecule has 0 amide bonds. The van der Waals surface area contributed by atoms with E-state index in [1.54, 1.807) is 38.4 Å². The van der Waals surface area contributed by atoms with Crippen molar-refractivity contribution >= 4 is 17.9 Å². The van der Waals surface area contributed by atoms with E-state index in [1.165, 1.54) is 6.21 Å². The van der Waals surface area contributed by atoms with Crippen molar-refractivity contribution in [3.63, 3.8) is 0 Å². The third-order valence-corrected chi connectivity index (χ3v) is 1.91. The zero-order valence-corrected chi connectivity index (χ0v) is 9.88. The highest BCUT2D eigenvalue weighted by molar-refractivity contribution is 6.10. The van der Waals surface area contributed by atoms with Gasteiger partial charge < -0.3 is 10.5 Å². The zero-order valence-electron chi connectivity index (χ0n) is 9.88. The predicted molar refractivity (Wildman–Crippen MR) is 65.9 cm³/mol. The van der Waals surface area contributed by atoms with Crippen molar-refractivity contribution in [2.24, 2.45) is 10.7 Å². The Morgan fingerprint density at radius 3 is 2.94 bits per heavy atom. The van der Waals surface area contributed by atoms with Gasteiger partial charge in [0.2, 0.25) is 0 Å². The average Bonchev–Trinajstić information content (AvgIpc) is 2.30. The molecule has 0 saturated heterocycles. The molecule has 0 radical (unpaired) electrons. The normalized spacial score (nSPS) is 12.4. The maximum Gasteiger partial charge on any atom is 0.341 e. The minimum atomic E-state index is -0.472. The lowest BCUT2D eigenvalue weighted by Gasteiger charge is -2.03. The number of carbonyl (C=O) groups is 1. The van der Waals surface area contributed by atoms with Crippen LogP contribution in [0.2, 0.25) is 0 Å². The molecule has 90 valence electrons. The zero-order chi connectivity index (χ0) is 12.7. The summed E-state index contributed by atoms with van der Waals surface area (Å²) in [7, 11) is 0. The van der Waals surface area contributed by atoms with Crippen LogP contribution in [0.3, 0.4) is 0 Å². The van der Waals surface area contributed by atoms with E-state index in [-0.39, 0.29) is 5.57 Å². The number of aromatic nitrogens is 1. The van der Waals surface area contributed by atoms with Crippen molar-refractivity contribution in [1.82, 2.24) is 4.98 Å². The van der Waals surface area contributed by atoms with Gasteiger partial charge in [-0.1, -0.05) is 0 Å². The summed E-state index contributed by atoms with van der Waals surface area (Å²) in [4.78, 5) is 19.6. The lowest BCUT2D eigenvalue weighted by molar-refractivity contribution is -0.137. The number of hydrogen-bond acceptors (Lipinski definition) is 5. The Bertz CT molecular complexity index is 434. The van der Waals surface area contributed by atoms with E-state index in [0.29, 0.717) is 18.0 Å². The summed E-state index contributed by atoms with van der Waals surface area (Å²) in [5.41, 5.74) is 6.88. The Balaban J connectivity index is 2.86. The molecule has 5 nitrogen and oxygen atoms in total. The van der Waals surface area contributed by atoms with Crippen LogP contribution in [0.5, 0.6) is 0 Å². The monoisotopic (exact) mass is 233 g/mol. The largest absolute Gasteiger partial charge is 0.462 e. The number of nitrogens with zero attached hydrogens (tertiary/aromatic N) is 2. The number of pyridine rings is 1. The molecule has 0 aliphatic carbocycles. The van der Waals surface area contributed by atoms with Crippen LogP contribution < -0.4 is 5.73 Å². The second kappa shape index (κ2) is 6.42. The Morgan fingerprint density at radius 1 is 1.65 bits per heavy atom. The Kier molecular flexibility index (Phi) is 4.87. The van der Waals surface area contributed by atoms with E-state index >= 15 is 0 Å². The SMILES string of the molecule is CCOC(=O)C(C=Nc1cccnc1)=C(C)N. The molecule has 0 aromatic carbocycles. The van der Waals surface area contributed by atoms with Gasteiger partial charge in [0.1, 0.15) is 0 Å². The molecule has 0 saturated carbocycles. The first-order valence-electron chi connectivity index (χ1n) is 5.22. The summed E-state index contributed by atoms with van der Waals surface area (Å²) in [5.74, 6) is -0.472. The maximum absolute atomic E-state index is 11.5. The number of hydrogen-bond donors (Lipinski definition) is 1. The fraction of sp³-hybridized carbons (Fsp3) is 0.250. The molecule has 5 heteroatoms. The smallest absolute Gasteiger partial charge is 0.341 e. The van der Waals surface area contributed by atoms with Gasteiger partial charge in [0.25, 0.3) is 0 Å². The van der Waals surface area contributed by atoms with Crippen LogP contribution >= 0.6 is 0 Å². The Labute approximate surface area is 100 Å². The van der Waals surface area contributed by atoms with Crippen LogP contribution in [-0.4, -0.2) is 23.8 Å². The topological polar surface area (TPSA) is 77.6 Å². The lowest BCUT2D eigenvalue weighted by Crippen LogP contribution is -2.13. The number of ether oxygens (including phenoxy) is 1. The van der Waals surface area contributed by atoms with Gasteiger partial charge in [0.05, 0.1) is 24.1 Å². The van der Waals surface area contributed by atoms with Crippen molar-refractivity contribution in [2.75, 3.05) is 6.61 Å². The summed E-state index contributed by atoms with van der Waals surface area (Å²) < 4.78 is 4.87. The molecule has 0 bridgehead atoms. The van der Waals surface area contributed by atoms with Crippen LogP contribution in [0.4, 0.5) is 5.69 Å². The highest BCUT2D eigenvalue weighted by Crippen LogP contribution is 2.09. The molecule has 1 rings (SSSR count). The summed E-state index contributed by atoms with van der Waals surface area (Å²) in [6.45, 7) is 3.66. The van der Waals surface area contributed by atoms with Crippen molar-refractivity contribution in [2.45, 2.75) is 13.8 Å².